The summed E-state index contributed by atoms with van der Waals surface area (Å²) >= 11 is 0. The fraction of sp³-hybridized carbons (Fsp3) is 0.267. The number of carbonyl (C=O) groups is 4. The Hall–Kier alpha value is -8.12. The second kappa shape index (κ2) is 21.9. The van der Waals surface area contributed by atoms with E-state index in [9.17, 15) is 19.2 Å². The van der Waals surface area contributed by atoms with Crippen molar-refractivity contribution in [1.82, 2.24) is 0 Å². The molecule has 72 heavy (non-hydrogen) atoms. The van der Waals surface area contributed by atoms with Crippen LogP contribution in [0.2, 0.25) is 0 Å². The number of fused-ring (bicyclic) bond motifs is 4. The first-order chi connectivity index (χ1) is 34.7. The summed E-state index contributed by atoms with van der Waals surface area (Å²) in [6.07, 6.45) is -0.381. The predicted octanol–water partition coefficient (Wildman–Crippen LogP) is 12.1. The number of rotatable bonds is 19. The lowest BCUT2D eigenvalue weighted by Crippen LogP contribution is -2.47. The number of hydrogen-bond donors (Lipinski definition) is 0. The molecule has 0 saturated carbocycles. The highest BCUT2D eigenvalue weighted by Gasteiger charge is 2.44. The Balaban J connectivity index is 1.11. The molecular formula is C60H58O12. The Morgan fingerprint density at radius 2 is 0.625 bits per heavy atom. The minimum absolute atomic E-state index is 0.381. The van der Waals surface area contributed by atoms with Gasteiger partial charge in [-0.3, -0.25) is 19.2 Å². The van der Waals surface area contributed by atoms with Crippen molar-refractivity contribution in [2.45, 2.75) is 63.6 Å². The maximum atomic E-state index is 14.6. The SMILES string of the molecule is COc1ccc2cc([C@H](C)C(=O)OCCC(COC(=O)[C@@H](C)c3ccc4cc(OC)ccc4c3)(OC(=O)[C@@H](C)c3ccc4cc(OC)ccc4c3)OC(=O)[C@@H](C)c3ccc4cc(OC)ccc4c3)ccc2c1. The summed E-state index contributed by atoms with van der Waals surface area (Å²) in [5.74, 6) is -5.58. The van der Waals surface area contributed by atoms with Crippen LogP contribution in [0.25, 0.3) is 43.1 Å². The molecule has 0 saturated heterocycles. The maximum Gasteiger partial charge on any atom is 0.316 e. The van der Waals surface area contributed by atoms with Crippen molar-refractivity contribution in [2.24, 2.45) is 0 Å². The summed E-state index contributed by atoms with van der Waals surface area (Å²) in [7, 11) is 6.39. The number of methoxy groups -OCH3 is 4. The van der Waals surface area contributed by atoms with Gasteiger partial charge in [-0.25, -0.2) is 0 Å². The van der Waals surface area contributed by atoms with Gasteiger partial charge in [-0.1, -0.05) is 97.1 Å². The average molecular weight is 971 g/mol. The number of ether oxygens (including phenoxy) is 8. The van der Waals surface area contributed by atoms with E-state index in [2.05, 4.69) is 0 Å². The second-order valence-corrected chi connectivity index (χ2v) is 18.1. The summed E-state index contributed by atoms with van der Waals surface area (Å²) in [6.45, 7) is 5.69. The highest BCUT2D eigenvalue weighted by Crippen LogP contribution is 2.34. The van der Waals surface area contributed by atoms with Crippen LogP contribution in [0.1, 0.15) is 80.0 Å². The first kappa shape index (κ1) is 50.3. The molecule has 4 atom stereocenters. The van der Waals surface area contributed by atoms with E-state index in [-0.39, 0.29) is 13.0 Å². The second-order valence-electron chi connectivity index (χ2n) is 18.1. The molecule has 8 aromatic carbocycles. The number of carbonyl (C=O) groups excluding carboxylic acids is 4. The third-order valence-electron chi connectivity index (χ3n) is 13.4. The van der Waals surface area contributed by atoms with Crippen molar-refractivity contribution < 1.29 is 57.1 Å². The molecule has 0 fully saturated rings. The van der Waals surface area contributed by atoms with Gasteiger partial charge in [0.15, 0.2) is 6.61 Å². The van der Waals surface area contributed by atoms with E-state index in [4.69, 9.17) is 37.9 Å². The molecular weight excluding hydrogens is 913 g/mol. The number of benzene rings is 8. The van der Waals surface area contributed by atoms with Gasteiger partial charge in [-0.15, -0.1) is 0 Å². The predicted molar refractivity (Wildman–Crippen MR) is 277 cm³/mol. The molecule has 0 spiro atoms. The topological polar surface area (TPSA) is 142 Å². The minimum Gasteiger partial charge on any atom is -0.497 e. The van der Waals surface area contributed by atoms with E-state index >= 15 is 0 Å². The molecule has 0 unspecified atom stereocenters. The molecule has 8 rings (SSSR count). The van der Waals surface area contributed by atoms with Crippen LogP contribution in [0.5, 0.6) is 23.0 Å². The van der Waals surface area contributed by atoms with E-state index in [0.29, 0.717) is 45.3 Å². The lowest BCUT2D eigenvalue weighted by Gasteiger charge is -2.34. The zero-order chi connectivity index (χ0) is 51.1. The molecule has 0 aliphatic heterocycles. The first-order valence-electron chi connectivity index (χ1n) is 23.8. The van der Waals surface area contributed by atoms with Crippen LogP contribution in [0.4, 0.5) is 0 Å². The largest absolute Gasteiger partial charge is 0.497 e. The smallest absolute Gasteiger partial charge is 0.316 e. The molecule has 0 N–H and O–H groups in total. The monoisotopic (exact) mass is 970 g/mol. The Bertz CT molecular complexity index is 3200. The average Bonchev–Trinajstić information content (AvgIpc) is 3.42. The summed E-state index contributed by atoms with van der Waals surface area (Å²) < 4.78 is 46.3. The van der Waals surface area contributed by atoms with Gasteiger partial charge in [0.05, 0.1) is 65.1 Å². The molecule has 12 nitrogen and oxygen atoms in total. The van der Waals surface area contributed by atoms with Gasteiger partial charge in [-0.05, 0) is 142 Å². The van der Waals surface area contributed by atoms with Crippen molar-refractivity contribution in [1.29, 1.82) is 0 Å². The summed E-state index contributed by atoms with van der Waals surface area (Å²) in [5, 5.41) is 7.16. The lowest BCUT2D eigenvalue weighted by molar-refractivity contribution is -0.251. The molecule has 0 heterocycles. The van der Waals surface area contributed by atoms with Crippen LogP contribution < -0.4 is 18.9 Å². The van der Waals surface area contributed by atoms with Crippen LogP contribution in [0, 0.1) is 0 Å². The normalized spacial score (nSPS) is 13.2. The fourth-order valence-corrected chi connectivity index (χ4v) is 8.63. The maximum absolute atomic E-state index is 14.6. The molecule has 8 aromatic rings. The molecule has 0 aliphatic carbocycles. The first-order valence-corrected chi connectivity index (χ1v) is 23.8. The van der Waals surface area contributed by atoms with Crippen molar-refractivity contribution in [3.8, 4) is 23.0 Å². The zero-order valence-corrected chi connectivity index (χ0v) is 41.7. The Morgan fingerprint density at radius 1 is 0.361 bits per heavy atom. The highest BCUT2D eigenvalue weighted by molar-refractivity contribution is 5.90. The summed E-state index contributed by atoms with van der Waals surface area (Å²) in [6, 6.07) is 45.0. The highest BCUT2D eigenvalue weighted by atomic mass is 16.8. The molecule has 0 radical (unpaired) electrons. The van der Waals surface area contributed by atoms with E-state index in [1.807, 2.05) is 146 Å². The zero-order valence-electron chi connectivity index (χ0n) is 41.7. The summed E-state index contributed by atoms with van der Waals surface area (Å²) in [4.78, 5) is 57.3. The van der Waals surface area contributed by atoms with Gasteiger partial charge in [-0.2, -0.15) is 0 Å². The molecule has 0 aromatic heterocycles. The van der Waals surface area contributed by atoms with Crippen LogP contribution in [-0.2, 0) is 38.1 Å². The van der Waals surface area contributed by atoms with Crippen molar-refractivity contribution >= 4 is 67.0 Å². The minimum atomic E-state index is -2.27. The van der Waals surface area contributed by atoms with Gasteiger partial charge in [0.1, 0.15) is 23.0 Å². The van der Waals surface area contributed by atoms with E-state index < -0.39 is 59.9 Å². The summed E-state index contributed by atoms with van der Waals surface area (Å²) in [5.41, 5.74) is 2.61. The Morgan fingerprint density at radius 3 is 0.931 bits per heavy atom. The van der Waals surface area contributed by atoms with Crippen molar-refractivity contribution in [3.63, 3.8) is 0 Å². The third-order valence-corrected chi connectivity index (χ3v) is 13.4. The number of esters is 4. The van der Waals surface area contributed by atoms with Gasteiger partial charge < -0.3 is 37.9 Å². The quantitative estimate of drug-likeness (QED) is 0.0432. The van der Waals surface area contributed by atoms with Crippen LogP contribution >= 0.6 is 0 Å². The number of hydrogen-bond acceptors (Lipinski definition) is 12. The molecule has 370 valence electrons. The lowest BCUT2D eigenvalue weighted by atomic mass is 9.97. The third kappa shape index (κ3) is 11.2. The van der Waals surface area contributed by atoms with Crippen LogP contribution in [-0.4, -0.2) is 71.3 Å². The van der Waals surface area contributed by atoms with Crippen molar-refractivity contribution in [3.05, 3.63) is 168 Å². The molecule has 0 amide bonds. The van der Waals surface area contributed by atoms with Gasteiger partial charge >= 0.3 is 23.9 Å². The van der Waals surface area contributed by atoms with E-state index in [0.717, 1.165) is 43.1 Å². The van der Waals surface area contributed by atoms with E-state index in [1.54, 1.807) is 56.1 Å². The fourth-order valence-electron chi connectivity index (χ4n) is 8.63. The molecule has 12 heteroatoms. The van der Waals surface area contributed by atoms with Crippen molar-refractivity contribution in [2.75, 3.05) is 41.7 Å². The van der Waals surface area contributed by atoms with Gasteiger partial charge in [0.25, 0.3) is 5.79 Å². The van der Waals surface area contributed by atoms with Crippen LogP contribution in [0.3, 0.4) is 0 Å². The Kier molecular flexibility index (Phi) is 15.3. The van der Waals surface area contributed by atoms with Crippen LogP contribution in [0.15, 0.2) is 146 Å². The van der Waals surface area contributed by atoms with Gasteiger partial charge in [0, 0.05) is 0 Å². The Labute approximate surface area is 418 Å². The van der Waals surface area contributed by atoms with E-state index in [1.165, 1.54) is 0 Å². The van der Waals surface area contributed by atoms with Gasteiger partial charge in [0.2, 0.25) is 0 Å². The molecule has 0 aliphatic rings. The standard InChI is InChI=1S/C60H58O12/c1-36(40-9-13-48-31-52(65-5)21-17-44(48)27-40)56(61)69-26-25-60(71-58(63)38(3)42-11-15-50-33-54(67-7)23-19-46(50)29-42,72-59(64)39(4)43-12-16-51-34-55(68-8)24-20-47(51)30-43)35-70-57(62)37(2)41-10-14-49-32-53(66-6)22-18-45(49)28-41/h9-24,27-34,36-39H,25-26,35H2,1-8H3/t36-,37-,38-,39-/m0/s1. The molecule has 0 bridgehead atoms.